The Bertz CT molecular complexity index is 953. The van der Waals surface area contributed by atoms with E-state index in [2.05, 4.69) is 15.2 Å². The van der Waals surface area contributed by atoms with Gasteiger partial charge in [-0.3, -0.25) is 14.9 Å². The van der Waals surface area contributed by atoms with Gasteiger partial charge in [-0.1, -0.05) is 18.2 Å². The van der Waals surface area contributed by atoms with Crippen LogP contribution in [0.15, 0.2) is 58.4 Å². The molecule has 0 unspecified atom stereocenters. The molecule has 7 nitrogen and oxygen atoms in total. The van der Waals surface area contributed by atoms with Crippen LogP contribution in [0.1, 0.15) is 19.4 Å². The van der Waals surface area contributed by atoms with Gasteiger partial charge in [-0.25, -0.2) is 4.99 Å². The molecule has 28 heavy (non-hydrogen) atoms. The fourth-order valence-corrected chi connectivity index (χ4v) is 3.70. The highest BCUT2D eigenvalue weighted by atomic mass is 32.2. The number of amidine groups is 1. The molecule has 0 aliphatic carbocycles. The molecule has 0 aromatic heterocycles. The molecule has 1 fully saturated rings. The monoisotopic (exact) mass is 396 g/mol. The quantitative estimate of drug-likeness (QED) is 0.446. The first kappa shape index (κ1) is 19.6. The molecule has 1 heterocycles. The summed E-state index contributed by atoms with van der Waals surface area (Å²) in [7, 11) is 0. The van der Waals surface area contributed by atoms with Gasteiger partial charge in [0.05, 0.1) is 15.5 Å². The first-order chi connectivity index (χ1) is 13.5. The highest BCUT2D eigenvalue weighted by Gasteiger charge is 2.25. The van der Waals surface area contributed by atoms with Gasteiger partial charge in [-0.15, -0.1) is 0 Å². The lowest BCUT2D eigenvalue weighted by molar-refractivity contribution is -0.384. The summed E-state index contributed by atoms with van der Waals surface area (Å²) in [6.07, 6.45) is 1.69. The molecule has 1 aliphatic rings. The van der Waals surface area contributed by atoms with Crippen molar-refractivity contribution in [3.63, 3.8) is 0 Å². The number of carbonyl (C=O) groups excluding carboxylic acids is 1. The third-order valence-corrected chi connectivity index (χ3v) is 5.16. The molecule has 2 aromatic carbocycles. The molecule has 1 aliphatic heterocycles. The maximum absolute atomic E-state index is 12.4. The second-order valence-corrected chi connectivity index (χ2v) is 7.02. The summed E-state index contributed by atoms with van der Waals surface area (Å²) in [6.45, 7) is 5.54. The molecule has 0 saturated carbocycles. The molecule has 1 N–H and O–H groups in total. The molecule has 0 spiro atoms. The number of non-ortho nitro benzene ring substituents is 1. The number of nitrogens with zero attached hydrogens (tertiary/aromatic N) is 3. The standard InChI is InChI=1S/C20H20N4O3S/c1-3-23(4-2)17-11-10-16(24(26)27)12-14(17)13-18-19(25)22-20(28-18)21-15-8-6-5-7-9-15/h5-13H,3-4H2,1-2H3,(H,21,22,25). The fourth-order valence-electron chi connectivity index (χ4n) is 2.86. The Labute approximate surface area is 167 Å². The largest absolute Gasteiger partial charge is 0.372 e. The van der Waals surface area contributed by atoms with Crippen LogP contribution in [0.5, 0.6) is 0 Å². The molecule has 1 amide bonds. The van der Waals surface area contributed by atoms with Crippen molar-refractivity contribution < 1.29 is 9.72 Å². The Morgan fingerprint density at radius 1 is 1.18 bits per heavy atom. The summed E-state index contributed by atoms with van der Waals surface area (Å²) in [4.78, 5) is 30.1. The number of thioether (sulfide) groups is 1. The SMILES string of the molecule is CCN(CC)c1ccc([N+](=O)[O-])cc1C=C1SC(=Nc2ccccc2)NC1=O. The third kappa shape index (κ3) is 4.40. The van der Waals surface area contributed by atoms with Gasteiger partial charge in [0.25, 0.3) is 11.6 Å². The minimum absolute atomic E-state index is 0.00987. The van der Waals surface area contributed by atoms with Gasteiger partial charge in [0.15, 0.2) is 5.17 Å². The van der Waals surface area contributed by atoms with Gasteiger partial charge in [0, 0.05) is 36.5 Å². The Morgan fingerprint density at radius 3 is 2.54 bits per heavy atom. The van der Waals surface area contributed by atoms with Crippen LogP contribution in [-0.2, 0) is 4.79 Å². The van der Waals surface area contributed by atoms with Crippen molar-refractivity contribution in [1.82, 2.24) is 5.32 Å². The molecule has 0 atom stereocenters. The van der Waals surface area contributed by atoms with Crippen molar-refractivity contribution in [2.24, 2.45) is 4.99 Å². The second kappa shape index (κ2) is 8.71. The van der Waals surface area contributed by atoms with Gasteiger partial charge in [0.1, 0.15) is 0 Å². The lowest BCUT2D eigenvalue weighted by Gasteiger charge is -2.23. The number of nitro groups is 1. The van der Waals surface area contributed by atoms with Crippen molar-refractivity contribution in [1.29, 1.82) is 0 Å². The summed E-state index contributed by atoms with van der Waals surface area (Å²) in [6, 6.07) is 14.1. The predicted molar refractivity (Wildman–Crippen MR) is 114 cm³/mol. The fraction of sp³-hybridized carbons (Fsp3) is 0.200. The van der Waals surface area contributed by atoms with Gasteiger partial charge < -0.3 is 10.2 Å². The van der Waals surface area contributed by atoms with Gasteiger partial charge in [0.2, 0.25) is 0 Å². The third-order valence-electron chi connectivity index (χ3n) is 4.25. The van der Waals surface area contributed by atoms with Crippen LogP contribution in [-0.4, -0.2) is 29.1 Å². The number of anilines is 1. The number of nitro benzene ring substituents is 1. The zero-order valence-corrected chi connectivity index (χ0v) is 16.4. The van der Waals surface area contributed by atoms with Crippen LogP contribution >= 0.6 is 11.8 Å². The Kier molecular flexibility index (Phi) is 6.10. The molecule has 1 saturated heterocycles. The van der Waals surface area contributed by atoms with E-state index in [0.717, 1.165) is 24.5 Å². The van der Waals surface area contributed by atoms with Crippen LogP contribution in [0.25, 0.3) is 6.08 Å². The summed E-state index contributed by atoms with van der Waals surface area (Å²) in [5, 5.41) is 14.4. The number of benzene rings is 2. The smallest absolute Gasteiger partial charge is 0.270 e. The second-order valence-electron chi connectivity index (χ2n) is 5.99. The number of amides is 1. The predicted octanol–water partition coefficient (Wildman–Crippen LogP) is 4.33. The molecular formula is C20H20N4O3S. The molecule has 2 aromatic rings. The molecule has 8 heteroatoms. The number of nitrogens with one attached hydrogen (secondary N) is 1. The summed E-state index contributed by atoms with van der Waals surface area (Å²) in [5.41, 5.74) is 2.22. The normalized spacial score (nSPS) is 16.4. The van der Waals surface area contributed by atoms with E-state index in [0.29, 0.717) is 15.6 Å². The van der Waals surface area contributed by atoms with E-state index in [-0.39, 0.29) is 11.6 Å². The minimum atomic E-state index is -0.432. The Morgan fingerprint density at radius 2 is 1.89 bits per heavy atom. The first-order valence-corrected chi connectivity index (χ1v) is 9.71. The zero-order chi connectivity index (χ0) is 20.1. The summed E-state index contributed by atoms with van der Waals surface area (Å²) in [5.74, 6) is -0.267. The highest BCUT2D eigenvalue weighted by Crippen LogP contribution is 2.32. The Hall–Kier alpha value is -3.13. The average molecular weight is 396 g/mol. The summed E-state index contributed by atoms with van der Waals surface area (Å²) < 4.78 is 0. The molecular weight excluding hydrogens is 376 g/mol. The van der Waals surface area contributed by atoms with Crippen LogP contribution in [0, 0.1) is 10.1 Å². The lowest BCUT2D eigenvalue weighted by Crippen LogP contribution is -2.22. The number of carbonyl (C=O) groups is 1. The highest BCUT2D eigenvalue weighted by molar-refractivity contribution is 8.18. The lowest BCUT2D eigenvalue weighted by atomic mass is 10.1. The van der Waals surface area contributed by atoms with E-state index in [1.54, 1.807) is 12.1 Å². The minimum Gasteiger partial charge on any atom is -0.372 e. The van der Waals surface area contributed by atoms with E-state index in [1.165, 1.54) is 23.9 Å². The van der Waals surface area contributed by atoms with E-state index in [1.807, 2.05) is 44.2 Å². The topological polar surface area (TPSA) is 87.8 Å². The first-order valence-electron chi connectivity index (χ1n) is 8.89. The van der Waals surface area contributed by atoms with Crippen LogP contribution < -0.4 is 10.2 Å². The van der Waals surface area contributed by atoms with E-state index >= 15 is 0 Å². The van der Waals surface area contributed by atoms with Crippen LogP contribution in [0.4, 0.5) is 17.1 Å². The number of para-hydroxylation sites is 1. The van der Waals surface area contributed by atoms with Crippen molar-refractivity contribution >= 4 is 46.0 Å². The number of rotatable bonds is 6. The zero-order valence-electron chi connectivity index (χ0n) is 15.6. The van der Waals surface area contributed by atoms with Gasteiger partial charge in [-0.2, -0.15) is 0 Å². The van der Waals surface area contributed by atoms with Crippen molar-refractivity contribution in [3.8, 4) is 0 Å². The van der Waals surface area contributed by atoms with Crippen LogP contribution in [0.2, 0.25) is 0 Å². The molecule has 144 valence electrons. The molecule has 0 radical (unpaired) electrons. The van der Waals surface area contributed by atoms with Crippen molar-refractivity contribution in [3.05, 3.63) is 69.1 Å². The number of aliphatic imine (C=N–C) groups is 1. The average Bonchev–Trinajstić information content (AvgIpc) is 3.03. The Balaban J connectivity index is 1.97. The van der Waals surface area contributed by atoms with Gasteiger partial charge >= 0.3 is 0 Å². The maximum Gasteiger partial charge on any atom is 0.270 e. The van der Waals surface area contributed by atoms with Crippen molar-refractivity contribution in [2.75, 3.05) is 18.0 Å². The van der Waals surface area contributed by atoms with Gasteiger partial charge in [-0.05, 0) is 49.9 Å². The van der Waals surface area contributed by atoms with E-state index < -0.39 is 4.92 Å². The van der Waals surface area contributed by atoms with Crippen LogP contribution in [0.3, 0.4) is 0 Å². The molecule has 0 bridgehead atoms. The summed E-state index contributed by atoms with van der Waals surface area (Å²) >= 11 is 1.22. The maximum atomic E-state index is 12.4. The van der Waals surface area contributed by atoms with E-state index in [4.69, 9.17) is 0 Å². The van der Waals surface area contributed by atoms with E-state index in [9.17, 15) is 14.9 Å². The number of hydrogen-bond acceptors (Lipinski definition) is 6. The number of hydrogen-bond donors (Lipinski definition) is 1. The molecule has 3 rings (SSSR count). The van der Waals surface area contributed by atoms with Crippen molar-refractivity contribution in [2.45, 2.75) is 13.8 Å².